The van der Waals surface area contributed by atoms with Gasteiger partial charge in [-0.2, -0.15) is 9.78 Å². The van der Waals surface area contributed by atoms with Crippen LogP contribution in [0.5, 0.6) is 0 Å². The number of hydrogen-bond acceptors (Lipinski definition) is 7. The molecule has 32 heavy (non-hydrogen) atoms. The van der Waals surface area contributed by atoms with Crippen molar-refractivity contribution < 1.29 is 9.72 Å². The molecule has 3 aromatic heterocycles. The molecule has 0 saturated heterocycles. The summed E-state index contributed by atoms with van der Waals surface area (Å²) in [6, 6.07) is 12.4. The van der Waals surface area contributed by atoms with Crippen LogP contribution in [0.2, 0.25) is 0 Å². The first-order valence-electron chi connectivity index (χ1n) is 9.64. The minimum Gasteiger partial charge on any atom is -0.306 e. The zero-order valence-electron chi connectivity index (χ0n) is 17.1. The van der Waals surface area contributed by atoms with Crippen LogP contribution in [-0.4, -0.2) is 30.6 Å². The van der Waals surface area contributed by atoms with Gasteiger partial charge in [0, 0.05) is 18.2 Å². The largest absolute Gasteiger partial charge is 0.306 e. The second kappa shape index (κ2) is 8.55. The molecule has 2 N–H and O–H groups in total. The van der Waals surface area contributed by atoms with Crippen molar-refractivity contribution in [3.05, 3.63) is 85.6 Å². The number of hydrogen-bond donors (Lipinski definition) is 2. The van der Waals surface area contributed by atoms with E-state index >= 15 is 0 Å². The number of para-hydroxylation sites is 1. The second-order valence-electron chi connectivity index (χ2n) is 7.18. The van der Waals surface area contributed by atoms with E-state index in [1.807, 2.05) is 31.4 Å². The van der Waals surface area contributed by atoms with Crippen molar-refractivity contribution >= 4 is 28.7 Å². The molecular weight excluding hydrogens is 432 g/mol. The number of nitro benzene ring substituents is 1. The minimum absolute atomic E-state index is 0.00612. The summed E-state index contributed by atoms with van der Waals surface area (Å²) in [5, 5.41) is 20.4. The molecule has 0 bridgehead atoms. The third-order valence-electron chi connectivity index (χ3n) is 4.61. The van der Waals surface area contributed by atoms with Gasteiger partial charge < -0.3 is 5.32 Å². The number of nitrogens with one attached hydrogen (secondary N) is 2. The van der Waals surface area contributed by atoms with Gasteiger partial charge in [0.2, 0.25) is 5.95 Å². The van der Waals surface area contributed by atoms with Gasteiger partial charge >= 0.3 is 0 Å². The molecule has 0 unspecified atom stereocenters. The molecule has 0 saturated carbocycles. The highest BCUT2D eigenvalue weighted by Crippen LogP contribution is 2.28. The first kappa shape index (κ1) is 21.1. The van der Waals surface area contributed by atoms with Crippen molar-refractivity contribution in [3.63, 3.8) is 0 Å². The summed E-state index contributed by atoms with van der Waals surface area (Å²) in [7, 11) is 0. The van der Waals surface area contributed by atoms with E-state index in [1.54, 1.807) is 12.1 Å². The third kappa shape index (κ3) is 4.18. The Bertz CT molecular complexity index is 1360. The van der Waals surface area contributed by atoms with Crippen molar-refractivity contribution in [2.45, 2.75) is 19.8 Å². The number of nitro groups is 1. The second-order valence-corrected chi connectivity index (χ2v) is 8.13. The summed E-state index contributed by atoms with van der Waals surface area (Å²) in [4.78, 5) is 43.8. The molecule has 3 heterocycles. The summed E-state index contributed by atoms with van der Waals surface area (Å²) in [6.45, 7) is 3.81. The summed E-state index contributed by atoms with van der Waals surface area (Å²) in [5.74, 6) is -0.352. The van der Waals surface area contributed by atoms with Crippen LogP contribution in [0.15, 0.2) is 58.7 Å². The Morgan fingerprint density at radius 3 is 2.69 bits per heavy atom. The maximum absolute atomic E-state index is 12.9. The van der Waals surface area contributed by atoms with E-state index < -0.39 is 10.8 Å². The number of nitrogens with zero attached hydrogens (tertiary/aromatic N) is 4. The number of aromatic amines is 1. The van der Waals surface area contributed by atoms with E-state index in [0.717, 1.165) is 4.88 Å². The lowest BCUT2D eigenvalue weighted by atomic mass is 10.1. The van der Waals surface area contributed by atoms with Crippen molar-refractivity contribution in [1.29, 1.82) is 0 Å². The zero-order chi connectivity index (χ0) is 22.8. The molecular formula is C21H18N6O4S. The van der Waals surface area contributed by atoms with Gasteiger partial charge in [-0.05, 0) is 23.4 Å². The minimum atomic E-state index is -0.682. The number of rotatable bonds is 6. The lowest BCUT2D eigenvalue weighted by Crippen LogP contribution is -2.20. The van der Waals surface area contributed by atoms with Crippen LogP contribution in [0.1, 0.15) is 35.8 Å². The summed E-state index contributed by atoms with van der Waals surface area (Å²) in [5.41, 5.74) is 0.342. The Hall–Kier alpha value is -4.12. The molecule has 0 aliphatic rings. The quantitative estimate of drug-likeness (QED) is 0.337. The lowest BCUT2D eigenvalue weighted by Gasteiger charge is -2.10. The number of H-pyrrole nitrogens is 1. The van der Waals surface area contributed by atoms with Crippen molar-refractivity contribution in [2.24, 2.45) is 0 Å². The fourth-order valence-corrected chi connectivity index (χ4v) is 3.73. The van der Waals surface area contributed by atoms with Crippen LogP contribution < -0.4 is 10.9 Å². The Balaban J connectivity index is 1.81. The Labute approximate surface area is 185 Å². The third-order valence-corrected chi connectivity index (χ3v) is 5.50. The predicted octanol–water partition coefficient (Wildman–Crippen LogP) is 3.97. The fraction of sp³-hybridized carbons (Fsp3) is 0.143. The molecule has 1 amide bonds. The summed E-state index contributed by atoms with van der Waals surface area (Å²) < 4.78 is 1.31. The van der Waals surface area contributed by atoms with Gasteiger partial charge in [0.25, 0.3) is 17.2 Å². The van der Waals surface area contributed by atoms with Gasteiger partial charge in [-0.1, -0.05) is 32.0 Å². The lowest BCUT2D eigenvalue weighted by molar-refractivity contribution is -0.385. The van der Waals surface area contributed by atoms with Crippen LogP contribution in [0.25, 0.3) is 16.5 Å². The number of amides is 1. The number of thiophene rings is 1. The maximum atomic E-state index is 12.9. The smallest absolute Gasteiger partial charge is 0.282 e. The topological polar surface area (TPSA) is 136 Å². The molecule has 0 radical (unpaired) electrons. The number of carbonyl (C=O) groups excluding carboxylic acids is 1. The van der Waals surface area contributed by atoms with Crippen molar-refractivity contribution in [3.8, 4) is 16.5 Å². The Kier molecular flexibility index (Phi) is 5.65. The average Bonchev–Trinajstić information content (AvgIpc) is 3.43. The number of carbonyl (C=O) groups is 1. The maximum Gasteiger partial charge on any atom is 0.282 e. The Morgan fingerprint density at radius 1 is 1.22 bits per heavy atom. The molecule has 0 fully saturated rings. The highest BCUT2D eigenvalue weighted by molar-refractivity contribution is 7.13. The molecule has 162 valence electrons. The first-order chi connectivity index (χ1) is 15.3. The number of aromatic nitrogens is 4. The predicted molar refractivity (Wildman–Crippen MR) is 120 cm³/mol. The van der Waals surface area contributed by atoms with E-state index in [1.165, 1.54) is 40.3 Å². The molecule has 11 heteroatoms. The van der Waals surface area contributed by atoms with E-state index in [-0.39, 0.29) is 34.5 Å². The van der Waals surface area contributed by atoms with Crippen LogP contribution in [0.4, 0.5) is 11.5 Å². The van der Waals surface area contributed by atoms with Gasteiger partial charge in [-0.3, -0.25) is 24.7 Å². The van der Waals surface area contributed by atoms with Crippen LogP contribution in [0.3, 0.4) is 0 Å². The van der Waals surface area contributed by atoms with Crippen molar-refractivity contribution in [2.75, 3.05) is 5.32 Å². The number of anilines is 1. The van der Waals surface area contributed by atoms with Gasteiger partial charge in [0.05, 0.1) is 15.5 Å². The van der Waals surface area contributed by atoms with Gasteiger partial charge in [0.1, 0.15) is 17.1 Å². The van der Waals surface area contributed by atoms with Crippen LogP contribution in [-0.2, 0) is 0 Å². The van der Waals surface area contributed by atoms with E-state index in [9.17, 15) is 19.7 Å². The standard InChI is InChI=1S/C21H18N6O4S/c1-12(2)14-11-19(28)24-21(22-14)26-18(10-15(25-26)17-8-5-9-32-17)23-20(29)13-6-3-4-7-16(13)27(30)31/h3-12H,1-2H3,(H,23,29)(H,22,24,28). The average molecular weight is 450 g/mol. The van der Waals surface area contributed by atoms with Gasteiger partial charge in [0.15, 0.2) is 0 Å². The van der Waals surface area contributed by atoms with E-state index in [2.05, 4.69) is 20.4 Å². The van der Waals surface area contributed by atoms with Gasteiger partial charge in [-0.25, -0.2) is 4.98 Å². The van der Waals surface area contributed by atoms with Crippen LogP contribution >= 0.6 is 11.3 Å². The summed E-state index contributed by atoms with van der Waals surface area (Å²) in [6.07, 6.45) is 0. The molecule has 10 nitrogen and oxygen atoms in total. The normalized spacial score (nSPS) is 11.0. The molecule has 0 atom stereocenters. The Morgan fingerprint density at radius 2 is 2.00 bits per heavy atom. The first-order valence-corrected chi connectivity index (χ1v) is 10.5. The molecule has 4 aromatic rings. The molecule has 0 spiro atoms. The monoisotopic (exact) mass is 450 g/mol. The van der Waals surface area contributed by atoms with Crippen molar-refractivity contribution in [1.82, 2.24) is 19.7 Å². The molecule has 0 aliphatic carbocycles. The van der Waals surface area contributed by atoms with Gasteiger partial charge in [-0.15, -0.1) is 11.3 Å². The molecule has 0 aliphatic heterocycles. The SMILES string of the molecule is CC(C)c1cc(=O)[nH]c(-n2nc(-c3cccs3)cc2NC(=O)c2ccccc2[N+](=O)[O-])n1. The highest BCUT2D eigenvalue weighted by Gasteiger charge is 2.22. The van der Waals surface area contributed by atoms with E-state index in [0.29, 0.717) is 11.4 Å². The fourth-order valence-electron chi connectivity index (χ4n) is 3.04. The zero-order valence-corrected chi connectivity index (χ0v) is 17.9. The van der Waals surface area contributed by atoms with E-state index in [4.69, 9.17) is 0 Å². The highest BCUT2D eigenvalue weighted by atomic mass is 32.1. The summed E-state index contributed by atoms with van der Waals surface area (Å²) >= 11 is 1.46. The van der Waals surface area contributed by atoms with Crippen LogP contribution in [0, 0.1) is 10.1 Å². The number of benzene rings is 1. The molecule has 1 aromatic carbocycles. The molecule has 4 rings (SSSR count).